The van der Waals surface area contributed by atoms with Crippen molar-refractivity contribution in [2.24, 2.45) is 0 Å². The second-order valence-corrected chi connectivity index (χ2v) is 12.7. The van der Waals surface area contributed by atoms with Gasteiger partial charge in [0.15, 0.2) is 0 Å². The minimum atomic E-state index is -0.891. The summed E-state index contributed by atoms with van der Waals surface area (Å²) in [5.74, 6) is 2.59. The Morgan fingerprint density at radius 1 is 1.09 bits per heavy atom. The molecule has 4 aliphatic rings. The SMILES string of the molecule is C#Cc1c(F)ccc2cc(N)cc(-c3ccc4c(N5CC6C=CC(C5)N6)nc(OCC56CCCN5CC(F)C6)nc4c3CF)c12. The first-order chi connectivity index (χ1) is 21.9. The summed E-state index contributed by atoms with van der Waals surface area (Å²) >= 11 is 0. The number of piperazine rings is 1. The van der Waals surface area contributed by atoms with E-state index < -0.39 is 24.2 Å². The minimum Gasteiger partial charge on any atom is -0.461 e. The number of terminal acetylenes is 1. The Labute approximate surface area is 259 Å². The molecule has 3 fully saturated rings. The van der Waals surface area contributed by atoms with E-state index in [1.807, 2.05) is 12.1 Å². The third-order valence-electron chi connectivity index (χ3n) is 9.96. The monoisotopic (exact) mass is 610 g/mol. The number of fused-ring (bicyclic) bond motifs is 5. The van der Waals surface area contributed by atoms with Gasteiger partial charge in [0.1, 0.15) is 31.1 Å². The molecule has 0 amide bonds. The van der Waals surface area contributed by atoms with Crippen LogP contribution >= 0.6 is 0 Å². The van der Waals surface area contributed by atoms with Crippen molar-refractivity contribution in [3.8, 4) is 29.5 Å². The van der Waals surface area contributed by atoms with Gasteiger partial charge in [-0.1, -0.05) is 30.2 Å². The fraction of sp³-hybridized carbons (Fsp3) is 0.371. The molecule has 1 aromatic heterocycles. The highest BCUT2D eigenvalue weighted by molar-refractivity contribution is 6.06. The highest BCUT2D eigenvalue weighted by Crippen LogP contribution is 2.42. The van der Waals surface area contributed by atoms with E-state index in [-0.39, 0.29) is 30.3 Å². The lowest BCUT2D eigenvalue weighted by atomic mass is 9.90. The molecule has 8 rings (SSSR count). The predicted octanol–water partition coefficient (Wildman–Crippen LogP) is 5.29. The number of halogens is 3. The van der Waals surface area contributed by atoms with Crippen LogP contribution in [0, 0.1) is 18.2 Å². The number of ether oxygens (including phenoxy) is 1. The molecule has 4 aromatic rings. The van der Waals surface area contributed by atoms with Gasteiger partial charge >= 0.3 is 6.01 Å². The Bertz CT molecular complexity index is 1910. The molecule has 5 heterocycles. The molecule has 2 bridgehead atoms. The first-order valence-electron chi connectivity index (χ1n) is 15.5. The van der Waals surface area contributed by atoms with E-state index in [0.29, 0.717) is 75.9 Å². The van der Waals surface area contributed by atoms with E-state index in [0.717, 1.165) is 19.4 Å². The normalized spacial score (nSPS) is 25.7. The molecule has 4 unspecified atom stereocenters. The number of anilines is 2. The summed E-state index contributed by atoms with van der Waals surface area (Å²) in [5, 5.41) is 5.37. The number of benzene rings is 3. The molecule has 0 radical (unpaired) electrons. The van der Waals surface area contributed by atoms with Crippen LogP contribution < -0.4 is 20.7 Å². The molecule has 4 atom stereocenters. The van der Waals surface area contributed by atoms with Gasteiger partial charge in [0.2, 0.25) is 0 Å². The fourth-order valence-electron chi connectivity index (χ4n) is 7.98. The molecule has 3 N–H and O–H groups in total. The van der Waals surface area contributed by atoms with Crippen molar-refractivity contribution in [2.45, 2.75) is 49.7 Å². The summed E-state index contributed by atoms with van der Waals surface area (Å²) in [6, 6.07) is 10.5. The van der Waals surface area contributed by atoms with Gasteiger partial charge in [0.25, 0.3) is 0 Å². The summed E-state index contributed by atoms with van der Waals surface area (Å²) in [5.41, 5.74) is 8.18. The van der Waals surface area contributed by atoms with Crippen LogP contribution in [0.3, 0.4) is 0 Å². The highest BCUT2D eigenvalue weighted by atomic mass is 19.1. The van der Waals surface area contributed by atoms with Gasteiger partial charge < -0.3 is 20.7 Å². The number of alkyl halides is 2. The number of nitrogens with one attached hydrogen (secondary N) is 1. The van der Waals surface area contributed by atoms with E-state index in [1.165, 1.54) is 6.07 Å². The molecule has 230 valence electrons. The molecule has 45 heavy (non-hydrogen) atoms. The lowest BCUT2D eigenvalue weighted by molar-refractivity contribution is 0.107. The third-order valence-corrected chi connectivity index (χ3v) is 9.96. The number of nitrogens with zero attached hydrogens (tertiary/aromatic N) is 4. The van der Waals surface area contributed by atoms with E-state index in [9.17, 15) is 8.78 Å². The summed E-state index contributed by atoms with van der Waals surface area (Å²) in [4.78, 5) is 14.1. The number of hydrogen-bond acceptors (Lipinski definition) is 7. The molecule has 3 saturated heterocycles. The maximum Gasteiger partial charge on any atom is 0.319 e. The topological polar surface area (TPSA) is 79.5 Å². The molecule has 0 aliphatic carbocycles. The van der Waals surface area contributed by atoms with Gasteiger partial charge in [-0.05, 0) is 60.2 Å². The van der Waals surface area contributed by atoms with Gasteiger partial charge in [-0.15, -0.1) is 6.42 Å². The van der Waals surface area contributed by atoms with Crippen molar-refractivity contribution >= 4 is 33.2 Å². The standard InChI is InChI=1S/C35H33F3N6O/c1-2-25-30(38)9-4-20-12-22(39)13-28(31(20)25)26-7-8-27-32(29(26)15-36)41-34(42-33(27)43-17-23-5-6-24(18-43)40-23)45-19-35-10-3-11-44(35)16-21(37)14-35/h1,4-9,12-13,21,23-24,40H,3,10-11,14-19,39H2. The Morgan fingerprint density at radius 3 is 2.69 bits per heavy atom. The quantitative estimate of drug-likeness (QED) is 0.174. The maximum absolute atomic E-state index is 15.3. The second kappa shape index (κ2) is 10.6. The van der Waals surface area contributed by atoms with Crippen molar-refractivity contribution in [3.05, 3.63) is 65.5 Å². The average molecular weight is 611 g/mol. The third kappa shape index (κ3) is 4.60. The van der Waals surface area contributed by atoms with Crippen molar-refractivity contribution in [1.29, 1.82) is 0 Å². The van der Waals surface area contributed by atoms with Crippen molar-refractivity contribution in [3.63, 3.8) is 0 Å². The zero-order chi connectivity index (χ0) is 30.9. The fourth-order valence-corrected chi connectivity index (χ4v) is 7.98. The first kappa shape index (κ1) is 28.2. The van der Waals surface area contributed by atoms with Gasteiger partial charge in [-0.2, -0.15) is 9.97 Å². The Balaban J connectivity index is 1.30. The van der Waals surface area contributed by atoms with Crippen LogP contribution in [0.4, 0.5) is 24.7 Å². The van der Waals surface area contributed by atoms with Crippen LogP contribution in [0.5, 0.6) is 6.01 Å². The lowest BCUT2D eigenvalue weighted by Gasteiger charge is -2.35. The van der Waals surface area contributed by atoms with E-state index in [2.05, 4.69) is 33.2 Å². The second-order valence-electron chi connectivity index (χ2n) is 12.7. The van der Waals surface area contributed by atoms with Gasteiger partial charge in [0.05, 0.1) is 16.6 Å². The van der Waals surface area contributed by atoms with E-state index in [1.54, 1.807) is 18.2 Å². The van der Waals surface area contributed by atoms with Gasteiger partial charge in [0, 0.05) is 60.2 Å². The summed E-state index contributed by atoms with van der Waals surface area (Å²) in [6.45, 7) is 2.01. The zero-order valence-electron chi connectivity index (χ0n) is 24.7. The molecule has 0 saturated carbocycles. The number of nitrogen functional groups attached to an aromatic ring is 1. The van der Waals surface area contributed by atoms with Crippen molar-refractivity contribution < 1.29 is 17.9 Å². The minimum absolute atomic E-state index is 0.0895. The Hall–Kier alpha value is -4.33. The van der Waals surface area contributed by atoms with Crippen LogP contribution in [0.15, 0.2) is 48.6 Å². The highest BCUT2D eigenvalue weighted by Gasteiger charge is 2.49. The van der Waals surface area contributed by atoms with Crippen LogP contribution in [-0.2, 0) is 6.67 Å². The average Bonchev–Trinajstić information content (AvgIpc) is 3.68. The van der Waals surface area contributed by atoms with E-state index >= 15 is 4.39 Å². The summed E-state index contributed by atoms with van der Waals surface area (Å²) in [6.07, 6.45) is 11.4. The molecule has 0 spiro atoms. The number of aromatic nitrogens is 2. The van der Waals surface area contributed by atoms with E-state index in [4.69, 9.17) is 26.9 Å². The smallest absolute Gasteiger partial charge is 0.319 e. The molecule has 10 heteroatoms. The molecule has 3 aromatic carbocycles. The van der Waals surface area contributed by atoms with Crippen LogP contribution in [0.1, 0.15) is 30.4 Å². The van der Waals surface area contributed by atoms with Crippen LogP contribution in [-0.4, -0.2) is 71.4 Å². The van der Waals surface area contributed by atoms with Crippen LogP contribution in [0.2, 0.25) is 0 Å². The van der Waals surface area contributed by atoms with Gasteiger partial charge in [-0.3, -0.25) is 4.90 Å². The Morgan fingerprint density at radius 2 is 1.91 bits per heavy atom. The summed E-state index contributed by atoms with van der Waals surface area (Å²) < 4.78 is 51.1. The van der Waals surface area contributed by atoms with Crippen LogP contribution in [0.25, 0.3) is 32.8 Å². The molecular formula is C35H33F3N6O. The predicted molar refractivity (Wildman–Crippen MR) is 170 cm³/mol. The number of nitrogens with two attached hydrogens (primary N) is 1. The largest absolute Gasteiger partial charge is 0.461 e. The Kier molecular flexibility index (Phi) is 6.66. The zero-order valence-corrected chi connectivity index (χ0v) is 24.7. The van der Waals surface area contributed by atoms with Crippen molar-refractivity contribution in [2.75, 3.05) is 43.4 Å². The molecule has 7 nitrogen and oxygen atoms in total. The molecular weight excluding hydrogens is 577 g/mol. The summed E-state index contributed by atoms with van der Waals surface area (Å²) in [7, 11) is 0. The number of rotatable bonds is 6. The number of hydrogen-bond donors (Lipinski definition) is 2. The van der Waals surface area contributed by atoms with Crippen molar-refractivity contribution in [1.82, 2.24) is 20.2 Å². The maximum atomic E-state index is 15.3. The first-order valence-corrected chi connectivity index (χ1v) is 15.5. The molecule has 4 aliphatic heterocycles. The van der Waals surface area contributed by atoms with Gasteiger partial charge in [-0.25, -0.2) is 13.2 Å². The lowest BCUT2D eigenvalue weighted by Crippen LogP contribution is -2.52.